The van der Waals surface area contributed by atoms with Gasteiger partial charge < -0.3 is 4.74 Å². The van der Waals surface area contributed by atoms with Crippen LogP contribution in [-0.4, -0.2) is 12.2 Å². The number of hydrogen-bond donors (Lipinski definition) is 0. The highest BCUT2D eigenvalue weighted by Crippen LogP contribution is 2.29. The summed E-state index contributed by atoms with van der Waals surface area (Å²) in [4.78, 5) is 0. The second-order valence-corrected chi connectivity index (χ2v) is 3.12. The first kappa shape index (κ1) is 8.06. The molecule has 1 saturated heterocycles. The van der Waals surface area contributed by atoms with E-state index in [9.17, 15) is 0 Å². The largest absolute Gasteiger partial charge is 0.370 e. The van der Waals surface area contributed by atoms with Crippen molar-refractivity contribution in [3.05, 3.63) is 0 Å². The Bertz CT molecular complexity index is 90.7. The Morgan fingerprint density at radius 1 is 1.10 bits per heavy atom. The van der Waals surface area contributed by atoms with Crippen LogP contribution >= 0.6 is 0 Å². The van der Waals surface area contributed by atoms with Gasteiger partial charge >= 0.3 is 0 Å². The van der Waals surface area contributed by atoms with Crippen molar-refractivity contribution >= 4 is 0 Å². The molecule has 1 rings (SSSR count). The van der Waals surface area contributed by atoms with Gasteiger partial charge in [0, 0.05) is 0 Å². The summed E-state index contributed by atoms with van der Waals surface area (Å²) in [6.07, 6.45) is 7.81. The minimum absolute atomic E-state index is 0.622. The maximum absolute atomic E-state index is 5.41. The molecule has 10 heavy (non-hydrogen) atoms. The summed E-state index contributed by atoms with van der Waals surface area (Å²) in [5.74, 6) is 0. The van der Waals surface area contributed by atoms with Crippen molar-refractivity contribution in [2.75, 3.05) is 0 Å². The highest BCUT2D eigenvalue weighted by molar-refractivity contribution is 4.82. The lowest BCUT2D eigenvalue weighted by Gasteiger charge is -1.92. The predicted molar refractivity (Wildman–Crippen MR) is 43.1 cm³/mol. The average molecular weight is 142 g/mol. The number of unbranched alkanes of at least 4 members (excludes halogenated alkanes) is 2. The molecule has 1 aliphatic heterocycles. The molecule has 1 heteroatoms. The van der Waals surface area contributed by atoms with Gasteiger partial charge in [0.15, 0.2) is 0 Å². The molecule has 0 aliphatic carbocycles. The van der Waals surface area contributed by atoms with Crippen LogP contribution in [0.1, 0.15) is 46.0 Å². The Morgan fingerprint density at radius 3 is 2.40 bits per heavy atom. The molecule has 0 aromatic heterocycles. The molecule has 2 atom stereocenters. The lowest BCUT2D eigenvalue weighted by Crippen LogP contribution is -1.91. The molecule has 0 bridgehead atoms. The quantitative estimate of drug-likeness (QED) is 0.425. The lowest BCUT2D eigenvalue weighted by atomic mass is 10.1. The molecule has 0 aromatic carbocycles. The molecule has 0 saturated carbocycles. The van der Waals surface area contributed by atoms with E-state index in [4.69, 9.17) is 4.74 Å². The number of hydrogen-bond acceptors (Lipinski definition) is 1. The van der Waals surface area contributed by atoms with Crippen molar-refractivity contribution in [3.8, 4) is 0 Å². The molecule has 1 nitrogen and oxygen atoms in total. The zero-order chi connectivity index (χ0) is 7.40. The second kappa shape index (κ2) is 3.97. The summed E-state index contributed by atoms with van der Waals surface area (Å²) in [5.41, 5.74) is 0. The molecule has 60 valence electrons. The van der Waals surface area contributed by atoms with Crippen LogP contribution < -0.4 is 0 Å². The highest BCUT2D eigenvalue weighted by Gasteiger charge is 2.35. The van der Waals surface area contributed by atoms with Crippen molar-refractivity contribution in [2.24, 2.45) is 0 Å². The Balaban J connectivity index is 1.87. The summed E-state index contributed by atoms with van der Waals surface area (Å²) in [6, 6.07) is 0. The van der Waals surface area contributed by atoms with Gasteiger partial charge in [-0.15, -0.1) is 0 Å². The summed E-state index contributed by atoms with van der Waals surface area (Å²) in [6.45, 7) is 4.44. The Hall–Kier alpha value is -0.0400. The maximum Gasteiger partial charge on any atom is 0.0841 e. The third kappa shape index (κ3) is 2.30. The first-order valence-electron chi connectivity index (χ1n) is 4.54. The number of rotatable bonds is 5. The topological polar surface area (TPSA) is 12.5 Å². The molecule has 0 amide bonds. The third-order valence-corrected chi connectivity index (χ3v) is 2.18. The molecule has 0 spiro atoms. The van der Waals surface area contributed by atoms with E-state index < -0.39 is 0 Å². The van der Waals surface area contributed by atoms with Gasteiger partial charge in [-0.05, 0) is 12.8 Å². The summed E-state index contributed by atoms with van der Waals surface area (Å²) < 4.78 is 5.41. The van der Waals surface area contributed by atoms with E-state index in [2.05, 4.69) is 13.8 Å². The van der Waals surface area contributed by atoms with Gasteiger partial charge in [-0.25, -0.2) is 0 Å². The normalized spacial score (nSPS) is 30.6. The first-order chi connectivity index (χ1) is 4.88. The highest BCUT2D eigenvalue weighted by atomic mass is 16.6. The Morgan fingerprint density at radius 2 is 1.90 bits per heavy atom. The van der Waals surface area contributed by atoms with Crippen LogP contribution in [0.15, 0.2) is 0 Å². The minimum atomic E-state index is 0.622. The van der Waals surface area contributed by atoms with E-state index in [0.29, 0.717) is 12.2 Å². The molecule has 0 N–H and O–H groups in total. The van der Waals surface area contributed by atoms with E-state index >= 15 is 0 Å². The van der Waals surface area contributed by atoms with Crippen LogP contribution in [0.4, 0.5) is 0 Å². The van der Waals surface area contributed by atoms with Crippen LogP contribution in [0.3, 0.4) is 0 Å². The molecule has 1 fully saturated rings. The van der Waals surface area contributed by atoms with Crippen LogP contribution in [0.25, 0.3) is 0 Å². The van der Waals surface area contributed by atoms with Crippen molar-refractivity contribution in [2.45, 2.75) is 58.2 Å². The SMILES string of the molecule is CCCCC[C@@H]1O[C@@H]1CC. The molecular formula is C9H18O. The Labute approximate surface area is 63.8 Å². The molecule has 1 aliphatic rings. The van der Waals surface area contributed by atoms with Crippen LogP contribution in [0.5, 0.6) is 0 Å². The van der Waals surface area contributed by atoms with E-state index in [1.165, 1.54) is 32.1 Å². The van der Waals surface area contributed by atoms with Gasteiger partial charge in [0.1, 0.15) is 0 Å². The second-order valence-electron chi connectivity index (χ2n) is 3.12. The smallest absolute Gasteiger partial charge is 0.0841 e. The van der Waals surface area contributed by atoms with Crippen molar-refractivity contribution in [1.29, 1.82) is 0 Å². The third-order valence-electron chi connectivity index (χ3n) is 2.18. The number of epoxide rings is 1. The molecular weight excluding hydrogens is 124 g/mol. The number of ether oxygens (including phenoxy) is 1. The summed E-state index contributed by atoms with van der Waals surface area (Å²) in [5, 5.41) is 0. The van der Waals surface area contributed by atoms with Crippen molar-refractivity contribution in [3.63, 3.8) is 0 Å². The standard InChI is InChI=1S/C9H18O/c1-3-5-6-7-9-8(4-2)10-9/h8-9H,3-7H2,1-2H3/t8-,9+/m1/s1. The predicted octanol–water partition coefficient (Wildman–Crippen LogP) is 2.74. The van der Waals surface area contributed by atoms with Gasteiger partial charge in [0.2, 0.25) is 0 Å². The zero-order valence-electron chi connectivity index (χ0n) is 7.10. The van der Waals surface area contributed by atoms with Gasteiger partial charge in [-0.1, -0.05) is 33.1 Å². The maximum atomic E-state index is 5.41. The molecule has 0 aromatic rings. The van der Waals surface area contributed by atoms with Gasteiger partial charge in [-0.2, -0.15) is 0 Å². The van der Waals surface area contributed by atoms with E-state index in [0.717, 1.165) is 0 Å². The van der Waals surface area contributed by atoms with Crippen LogP contribution in [-0.2, 0) is 4.74 Å². The molecule has 0 unspecified atom stereocenters. The fourth-order valence-electron chi connectivity index (χ4n) is 1.39. The summed E-state index contributed by atoms with van der Waals surface area (Å²) >= 11 is 0. The van der Waals surface area contributed by atoms with E-state index in [-0.39, 0.29) is 0 Å². The van der Waals surface area contributed by atoms with E-state index in [1.54, 1.807) is 0 Å². The fraction of sp³-hybridized carbons (Fsp3) is 1.00. The van der Waals surface area contributed by atoms with Gasteiger partial charge in [0.05, 0.1) is 12.2 Å². The molecule has 0 radical (unpaired) electrons. The summed E-state index contributed by atoms with van der Waals surface area (Å²) in [7, 11) is 0. The van der Waals surface area contributed by atoms with Crippen molar-refractivity contribution in [1.82, 2.24) is 0 Å². The van der Waals surface area contributed by atoms with Crippen LogP contribution in [0.2, 0.25) is 0 Å². The van der Waals surface area contributed by atoms with Crippen molar-refractivity contribution < 1.29 is 4.74 Å². The van der Waals surface area contributed by atoms with Gasteiger partial charge in [0.25, 0.3) is 0 Å². The average Bonchev–Trinajstić information content (AvgIpc) is 2.68. The molecule has 1 heterocycles. The monoisotopic (exact) mass is 142 g/mol. The minimum Gasteiger partial charge on any atom is -0.370 e. The van der Waals surface area contributed by atoms with Gasteiger partial charge in [-0.3, -0.25) is 0 Å². The Kier molecular flexibility index (Phi) is 3.20. The zero-order valence-corrected chi connectivity index (χ0v) is 7.10. The lowest BCUT2D eigenvalue weighted by molar-refractivity contribution is 0.355. The first-order valence-corrected chi connectivity index (χ1v) is 4.54. The van der Waals surface area contributed by atoms with E-state index in [1.807, 2.05) is 0 Å². The van der Waals surface area contributed by atoms with Crippen LogP contribution in [0, 0.1) is 0 Å². The fourth-order valence-corrected chi connectivity index (χ4v) is 1.39.